The molecule has 0 aliphatic rings. The first-order chi connectivity index (χ1) is 8.38. The van der Waals surface area contributed by atoms with Gasteiger partial charge in [0.1, 0.15) is 5.82 Å². The molecule has 3 nitrogen and oxygen atoms in total. The topological polar surface area (TPSA) is 43.8 Å². The average molecular weight is 255 g/mol. The standard InChI is InChI=1S/C12H12F3N3/c1-18-11(16)7-9(17-18)6-8-4-2-3-5-10(8)12(13,14)15/h2-5,7H,6,16H2,1H3. The number of aryl methyl sites for hydroxylation is 1. The molecule has 0 atom stereocenters. The lowest BCUT2D eigenvalue weighted by molar-refractivity contribution is -0.138. The molecule has 2 rings (SSSR count). The second kappa shape index (κ2) is 4.36. The van der Waals surface area contributed by atoms with Gasteiger partial charge in [0.15, 0.2) is 0 Å². The molecule has 96 valence electrons. The molecule has 0 saturated heterocycles. The summed E-state index contributed by atoms with van der Waals surface area (Å²) >= 11 is 0. The summed E-state index contributed by atoms with van der Waals surface area (Å²) in [5.41, 5.74) is 5.68. The molecule has 0 aliphatic carbocycles. The monoisotopic (exact) mass is 255 g/mol. The Hall–Kier alpha value is -1.98. The lowest BCUT2D eigenvalue weighted by atomic mass is 10.0. The fourth-order valence-corrected chi connectivity index (χ4v) is 1.78. The second-order valence-corrected chi connectivity index (χ2v) is 4.02. The zero-order valence-electron chi connectivity index (χ0n) is 9.70. The molecule has 0 unspecified atom stereocenters. The van der Waals surface area contributed by atoms with E-state index in [1.807, 2.05) is 0 Å². The van der Waals surface area contributed by atoms with E-state index >= 15 is 0 Å². The maximum absolute atomic E-state index is 12.8. The van der Waals surface area contributed by atoms with Gasteiger partial charge in [0.2, 0.25) is 0 Å². The van der Waals surface area contributed by atoms with Crippen LogP contribution < -0.4 is 5.73 Å². The number of halogens is 3. The van der Waals surface area contributed by atoms with Crippen molar-refractivity contribution in [2.45, 2.75) is 12.6 Å². The highest BCUT2D eigenvalue weighted by Crippen LogP contribution is 2.32. The molecule has 0 radical (unpaired) electrons. The molecular weight excluding hydrogens is 243 g/mol. The molecule has 0 fully saturated rings. The Bertz CT molecular complexity index is 538. The number of nitrogen functional groups attached to an aromatic ring is 1. The Morgan fingerprint density at radius 2 is 1.94 bits per heavy atom. The van der Waals surface area contributed by atoms with Crippen molar-refractivity contribution in [3.63, 3.8) is 0 Å². The molecule has 18 heavy (non-hydrogen) atoms. The van der Waals surface area contributed by atoms with Gasteiger partial charge in [0, 0.05) is 19.5 Å². The highest BCUT2D eigenvalue weighted by atomic mass is 19.4. The summed E-state index contributed by atoms with van der Waals surface area (Å²) in [4.78, 5) is 0. The van der Waals surface area contributed by atoms with Crippen LogP contribution in [0.2, 0.25) is 0 Å². The minimum atomic E-state index is -4.35. The molecular formula is C12H12F3N3. The van der Waals surface area contributed by atoms with Crippen molar-refractivity contribution in [2.75, 3.05) is 5.73 Å². The largest absolute Gasteiger partial charge is 0.416 e. The van der Waals surface area contributed by atoms with Gasteiger partial charge in [0.25, 0.3) is 0 Å². The predicted molar refractivity (Wildman–Crippen MR) is 61.9 cm³/mol. The molecule has 1 aromatic heterocycles. The van der Waals surface area contributed by atoms with Gasteiger partial charge in [-0.1, -0.05) is 18.2 Å². The maximum atomic E-state index is 12.8. The number of aromatic nitrogens is 2. The molecule has 0 amide bonds. The number of nitrogens with zero attached hydrogens (tertiary/aromatic N) is 2. The number of anilines is 1. The Kier molecular flexibility index (Phi) is 3.02. The lowest BCUT2D eigenvalue weighted by Crippen LogP contribution is -2.09. The third-order valence-electron chi connectivity index (χ3n) is 2.66. The van der Waals surface area contributed by atoms with E-state index < -0.39 is 11.7 Å². The molecule has 2 aromatic rings. The predicted octanol–water partition coefficient (Wildman–Crippen LogP) is 2.61. The summed E-state index contributed by atoms with van der Waals surface area (Å²) in [5.74, 6) is 0.425. The first kappa shape index (κ1) is 12.5. The van der Waals surface area contributed by atoms with Crippen molar-refractivity contribution in [2.24, 2.45) is 7.05 Å². The average Bonchev–Trinajstić information content (AvgIpc) is 2.57. The third-order valence-corrected chi connectivity index (χ3v) is 2.66. The summed E-state index contributed by atoms with van der Waals surface area (Å²) in [6.45, 7) is 0. The van der Waals surface area contributed by atoms with Crippen LogP contribution in [0.1, 0.15) is 16.8 Å². The van der Waals surface area contributed by atoms with Gasteiger partial charge in [0.05, 0.1) is 11.3 Å². The van der Waals surface area contributed by atoms with Crippen molar-refractivity contribution in [1.29, 1.82) is 0 Å². The molecule has 0 spiro atoms. The quantitative estimate of drug-likeness (QED) is 0.896. The number of hydrogen-bond donors (Lipinski definition) is 1. The van der Waals surface area contributed by atoms with E-state index in [0.717, 1.165) is 6.07 Å². The third kappa shape index (κ3) is 2.47. The number of benzene rings is 1. The molecule has 6 heteroatoms. The van der Waals surface area contributed by atoms with Crippen molar-refractivity contribution in [3.8, 4) is 0 Å². The Morgan fingerprint density at radius 3 is 2.50 bits per heavy atom. The normalized spacial score (nSPS) is 11.8. The minimum absolute atomic E-state index is 0.112. The summed E-state index contributed by atoms with van der Waals surface area (Å²) in [6, 6.07) is 7.05. The maximum Gasteiger partial charge on any atom is 0.416 e. The van der Waals surface area contributed by atoms with Gasteiger partial charge in [-0.2, -0.15) is 18.3 Å². The van der Waals surface area contributed by atoms with E-state index in [1.54, 1.807) is 19.2 Å². The Balaban J connectivity index is 2.35. The second-order valence-electron chi connectivity index (χ2n) is 4.02. The van der Waals surface area contributed by atoms with Gasteiger partial charge in [-0.15, -0.1) is 0 Å². The van der Waals surface area contributed by atoms with E-state index in [4.69, 9.17) is 5.73 Å². The molecule has 0 bridgehead atoms. The van der Waals surface area contributed by atoms with Crippen LogP contribution >= 0.6 is 0 Å². The number of nitrogens with two attached hydrogens (primary N) is 1. The van der Waals surface area contributed by atoms with Crippen LogP contribution in [0.5, 0.6) is 0 Å². The molecule has 0 aliphatic heterocycles. The van der Waals surface area contributed by atoms with Crippen LogP contribution in [0.15, 0.2) is 30.3 Å². The highest BCUT2D eigenvalue weighted by molar-refractivity contribution is 5.36. The number of hydrogen-bond acceptors (Lipinski definition) is 2. The Morgan fingerprint density at radius 1 is 1.28 bits per heavy atom. The lowest BCUT2D eigenvalue weighted by Gasteiger charge is -2.11. The van der Waals surface area contributed by atoms with Gasteiger partial charge in [-0.3, -0.25) is 4.68 Å². The van der Waals surface area contributed by atoms with Crippen LogP contribution in [-0.4, -0.2) is 9.78 Å². The first-order valence-corrected chi connectivity index (χ1v) is 5.31. The number of alkyl halides is 3. The zero-order valence-corrected chi connectivity index (χ0v) is 9.70. The fourth-order valence-electron chi connectivity index (χ4n) is 1.78. The van der Waals surface area contributed by atoms with E-state index in [0.29, 0.717) is 11.5 Å². The van der Waals surface area contributed by atoms with Crippen LogP contribution in [-0.2, 0) is 19.6 Å². The van der Waals surface area contributed by atoms with Gasteiger partial charge >= 0.3 is 6.18 Å². The molecule has 2 N–H and O–H groups in total. The summed E-state index contributed by atoms with van der Waals surface area (Å²) in [5, 5.41) is 4.05. The van der Waals surface area contributed by atoms with E-state index in [1.165, 1.54) is 16.8 Å². The van der Waals surface area contributed by atoms with Gasteiger partial charge in [-0.05, 0) is 11.6 Å². The van der Waals surface area contributed by atoms with Gasteiger partial charge in [-0.25, -0.2) is 0 Å². The minimum Gasteiger partial charge on any atom is -0.384 e. The first-order valence-electron chi connectivity index (χ1n) is 5.31. The van der Waals surface area contributed by atoms with Crippen LogP contribution in [0.4, 0.5) is 19.0 Å². The SMILES string of the molecule is Cn1nc(Cc2ccccc2C(F)(F)F)cc1N. The van der Waals surface area contributed by atoms with Crippen LogP contribution in [0, 0.1) is 0 Å². The summed E-state index contributed by atoms with van der Waals surface area (Å²) in [7, 11) is 1.65. The van der Waals surface area contributed by atoms with Gasteiger partial charge < -0.3 is 5.73 Å². The van der Waals surface area contributed by atoms with Crippen molar-refractivity contribution in [3.05, 3.63) is 47.2 Å². The van der Waals surface area contributed by atoms with Crippen molar-refractivity contribution < 1.29 is 13.2 Å². The zero-order chi connectivity index (χ0) is 13.3. The van der Waals surface area contributed by atoms with Crippen LogP contribution in [0.3, 0.4) is 0 Å². The highest BCUT2D eigenvalue weighted by Gasteiger charge is 2.32. The molecule has 1 heterocycles. The van der Waals surface area contributed by atoms with E-state index in [9.17, 15) is 13.2 Å². The smallest absolute Gasteiger partial charge is 0.384 e. The molecule has 0 saturated carbocycles. The fraction of sp³-hybridized carbons (Fsp3) is 0.250. The van der Waals surface area contributed by atoms with Crippen molar-refractivity contribution in [1.82, 2.24) is 9.78 Å². The molecule has 1 aromatic carbocycles. The Labute approximate surface area is 102 Å². The van der Waals surface area contributed by atoms with E-state index in [-0.39, 0.29) is 12.0 Å². The summed E-state index contributed by atoms with van der Waals surface area (Å²) < 4.78 is 39.8. The number of rotatable bonds is 2. The summed E-state index contributed by atoms with van der Waals surface area (Å²) in [6.07, 6.45) is -4.24. The van der Waals surface area contributed by atoms with Crippen molar-refractivity contribution >= 4 is 5.82 Å². The van der Waals surface area contributed by atoms with Crippen LogP contribution in [0.25, 0.3) is 0 Å². The van der Waals surface area contributed by atoms with E-state index in [2.05, 4.69) is 5.10 Å².